The first-order valence-corrected chi connectivity index (χ1v) is 9.35. The number of oxazole rings is 1. The van der Waals surface area contributed by atoms with Gasteiger partial charge in [-0.05, 0) is 24.3 Å². The molecule has 162 valence electrons. The third kappa shape index (κ3) is 5.13. The van der Waals surface area contributed by atoms with Gasteiger partial charge in [-0.25, -0.2) is 4.98 Å². The summed E-state index contributed by atoms with van der Waals surface area (Å²) in [4.78, 5) is 29.0. The van der Waals surface area contributed by atoms with Crippen molar-refractivity contribution >= 4 is 17.5 Å². The highest BCUT2D eigenvalue weighted by atomic mass is 16.5. The van der Waals surface area contributed by atoms with Crippen LogP contribution in [0, 0.1) is 6.92 Å². The van der Waals surface area contributed by atoms with Gasteiger partial charge in [0.2, 0.25) is 11.7 Å². The molecule has 2 aromatic carbocycles. The molecule has 2 N–H and O–H groups in total. The number of hydrogen-bond acceptors (Lipinski definition) is 7. The van der Waals surface area contributed by atoms with Gasteiger partial charge in [-0.2, -0.15) is 0 Å². The molecule has 31 heavy (non-hydrogen) atoms. The van der Waals surface area contributed by atoms with Crippen LogP contribution in [0.4, 0.5) is 5.69 Å². The molecule has 1 heterocycles. The van der Waals surface area contributed by atoms with E-state index in [1.165, 1.54) is 33.5 Å². The Labute approximate surface area is 179 Å². The maximum absolute atomic E-state index is 12.5. The normalized spacial score (nSPS) is 10.3. The van der Waals surface area contributed by atoms with E-state index in [1.807, 2.05) is 12.1 Å². The largest absolute Gasteiger partial charge is 0.493 e. The second kappa shape index (κ2) is 9.66. The zero-order chi connectivity index (χ0) is 22.4. The van der Waals surface area contributed by atoms with Gasteiger partial charge in [-0.15, -0.1) is 0 Å². The Hall–Kier alpha value is -4.01. The van der Waals surface area contributed by atoms with Gasteiger partial charge in [-0.1, -0.05) is 12.1 Å². The molecule has 0 fully saturated rings. The maximum Gasteiger partial charge on any atom is 0.251 e. The smallest absolute Gasteiger partial charge is 0.251 e. The number of carbonyl (C=O) groups is 2. The van der Waals surface area contributed by atoms with Gasteiger partial charge in [0, 0.05) is 23.7 Å². The average Bonchev–Trinajstić information content (AvgIpc) is 3.23. The fourth-order valence-corrected chi connectivity index (χ4v) is 2.90. The molecule has 9 heteroatoms. The fourth-order valence-electron chi connectivity index (χ4n) is 2.90. The van der Waals surface area contributed by atoms with Crippen molar-refractivity contribution in [3.05, 3.63) is 54.1 Å². The van der Waals surface area contributed by atoms with Crippen LogP contribution < -0.4 is 24.8 Å². The van der Waals surface area contributed by atoms with Crippen LogP contribution in [-0.2, 0) is 4.79 Å². The predicted molar refractivity (Wildman–Crippen MR) is 114 cm³/mol. The standard InChI is InChI=1S/C22H23N3O6/c1-13-24-17(12-31-13)14-5-7-16(8-6-14)25-20(26)11-23-22(27)15-9-18(28-2)21(30-4)19(10-15)29-3/h5-10,12H,11H2,1-4H3,(H,23,27)(H,25,26). The first-order chi connectivity index (χ1) is 14.9. The number of methoxy groups -OCH3 is 3. The average molecular weight is 425 g/mol. The van der Waals surface area contributed by atoms with Crippen molar-refractivity contribution in [2.45, 2.75) is 6.92 Å². The van der Waals surface area contributed by atoms with E-state index in [9.17, 15) is 9.59 Å². The number of ether oxygens (including phenoxy) is 3. The van der Waals surface area contributed by atoms with Crippen LogP contribution in [0.15, 0.2) is 47.1 Å². The zero-order valence-electron chi connectivity index (χ0n) is 17.6. The predicted octanol–water partition coefficient (Wildman–Crippen LogP) is 3.04. The van der Waals surface area contributed by atoms with Crippen LogP contribution in [0.3, 0.4) is 0 Å². The molecule has 0 aliphatic carbocycles. The molecular weight excluding hydrogens is 402 g/mol. The van der Waals surface area contributed by atoms with Crippen molar-refractivity contribution in [1.29, 1.82) is 0 Å². The maximum atomic E-state index is 12.5. The Kier molecular flexibility index (Phi) is 6.76. The lowest BCUT2D eigenvalue weighted by Gasteiger charge is -2.14. The zero-order valence-corrected chi connectivity index (χ0v) is 17.6. The highest BCUT2D eigenvalue weighted by Crippen LogP contribution is 2.38. The minimum atomic E-state index is -0.453. The van der Waals surface area contributed by atoms with Gasteiger partial charge in [0.05, 0.1) is 27.9 Å². The lowest BCUT2D eigenvalue weighted by molar-refractivity contribution is -0.115. The van der Waals surface area contributed by atoms with Crippen molar-refractivity contribution in [2.75, 3.05) is 33.2 Å². The first kappa shape index (κ1) is 21.7. The number of nitrogens with one attached hydrogen (secondary N) is 2. The number of aromatic nitrogens is 1. The molecule has 0 radical (unpaired) electrons. The monoisotopic (exact) mass is 425 g/mol. The summed E-state index contributed by atoms with van der Waals surface area (Å²) in [6.07, 6.45) is 1.57. The van der Waals surface area contributed by atoms with Gasteiger partial charge in [0.25, 0.3) is 5.91 Å². The Morgan fingerprint density at radius 1 is 1.00 bits per heavy atom. The molecule has 0 saturated heterocycles. The molecule has 3 aromatic rings. The van der Waals surface area contributed by atoms with Gasteiger partial charge in [0.15, 0.2) is 17.4 Å². The van der Waals surface area contributed by atoms with Gasteiger partial charge in [-0.3, -0.25) is 9.59 Å². The van der Waals surface area contributed by atoms with E-state index in [0.717, 1.165) is 5.56 Å². The van der Waals surface area contributed by atoms with Crippen molar-refractivity contribution < 1.29 is 28.2 Å². The van der Waals surface area contributed by atoms with Crippen molar-refractivity contribution in [2.24, 2.45) is 0 Å². The lowest BCUT2D eigenvalue weighted by Crippen LogP contribution is -2.32. The molecule has 2 amide bonds. The Morgan fingerprint density at radius 3 is 2.16 bits per heavy atom. The van der Waals surface area contributed by atoms with Gasteiger partial charge >= 0.3 is 0 Å². The summed E-state index contributed by atoms with van der Waals surface area (Å²) in [7, 11) is 4.40. The van der Waals surface area contributed by atoms with E-state index >= 15 is 0 Å². The van der Waals surface area contributed by atoms with Crippen LogP contribution in [0.25, 0.3) is 11.3 Å². The van der Waals surface area contributed by atoms with Gasteiger partial charge < -0.3 is 29.3 Å². The fraction of sp³-hybridized carbons (Fsp3) is 0.227. The minimum Gasteiger partial charge on any atom is -0.493 e. The number of carbonyl (C=O) groups excluding carboxylic acids is 2. The minimum absolute atomic E-state index is 0.209. The molecular formula is C22H23N3O6. The number of hydrogen-bond donors (Lipinski definition) is 2. The molecule has 0 bridgehead atoms. The summed E-state index contributed by atoms with van der Waals surface area (Å²) in [5.41, 5.74) is 2.45. The highest BCUT2D eigenvalue weighted by molar-refractivity contribution is 6.00. The third-order valence-electron chi connectivity index (χ3n) is 4.42. The van der Waals surface area contributed by atoms with E-state index in [0.29, 0.717) is 34.5 Å². The summed E-state index contributed by atoms with van der Waals surface area (Å²) in [6, 6.07) is 10.2. The molecule has 0 aliphatic rings. The van der Waals surface area contributed by atoms with E-state index in [-0.39, 0.29) is 18.0 Å². The van der Waals surface area contributed by atoms with Crippen LogP contribution in [-0.4, -0.2) is 44.7 Å². The Bertz CT molecular complexity index is 1050. The van der Waals surface area contributed by atoms with Crippen molar-refractivity contribution in [1.82, 2.24) is 10.3 Å². The van der Waals surface area contributed by atoms with Crippen LogP contribution in [0.5, 0.6) is 17.2 Å². The third-order valence-corrected chi connectivity index (χ3v) is 4.42. The van der Waals surface area contributed by atoms with Crippen LogP contribution >= 0.6 is 0 Å². The quantitative estimate of drug-likeness (QED) is 0.570. The number of amides is 2. The highest BCUT2D eigenvalue weighted by Gasteiger charge is 2.17. The number of aryl methyl sites for hydroxylation is 1. The Balaban J connectivity index is 1.60. The first-order valence-electron chi connectivity index (χ1n) is 9.35. The topological polar surface area (TPSA) is 112 Å². The summed E-state index contributed by atoms with van der Waals surface area (Å²) < 4.78 is 20.9. The number of benzene rings is 2. The van der Waals surface area contributed by atoms with Crippen LogP contribution in [0.2, 0.25) is 0 Å². The lowest BCUT2D eigenvalue weighted by atomic mass is 10.1. The number of rotatable bonds is 8. The van der Waals surface area contributed by atoms with E-state index in [2.05, 4.69) is 15.6 Å². The Morgan fingerprint density at radius 2 is 1.65 bits per heavy atom. The molecule has 1 aromatic heterocycles. The van der Waals surface area contributed by atoms with E-state index < -0.39 is 5.91 Å². The molecule has 0 spiro atoms. The van der Waals surface area contributed by atoms with Crippen LogP contribution in [0.1, 0.15) is 16.2 Å². The summed E-state index contributed by atoms with van der Waals surface area (Å²) in [6.45, 7) is 1.56. The van der Waals surface area contributed by atoms with Gasteiger partial charge in [0.1, 0.15) is 12.0 Å². The molecule has 0 saturated carbocycles. The number of anilines is 1. The molecule has 9 nitrogen and oxygen atoms in total. The SMILES string of the molecule is COc1cc(C(=O)NCC(=O)Nc2ccc(-c3coc(C)n3)cc2)cc(OC)c1OC. The molecule has 0 unspecified atom stereocenters. The van der Waals surface area contributed by atoms with Crippen molar-refractivity contribution in [3.8, 4) is 28.5 Å². The molecule has 3 rings (SSSR count). The summed E-state index contributed by atoms with van der Waals surface area (Å²) >= 11 is 0. The second-order valence-electron chi connectivity index (χ2n) is 6.47. The molecule has 0 aliphatic heterocycles. The number of nitrogens with zero attached hydrogens (tertiary/aromatic N) is 1. The van der Waals surface area contributed by atoms with Crippen molar-refractivity contribution in [3.63, 3.8) is 0 Å². The summed E-state index contributed by atoms with van der Waals surface area (Å²) in [5.74, 6) is 0.827. The second-order valence-corrected chi connectivity index (χ2v) is 6.47. The molecule has 0 atom stereocenters. The van der Waals surface area contributed by atoms with E-state index in [4.69, 9.17) is 18.6 Å². The van der Waals surface area contributed by atoms with E-state index in [1.54, 1.807) is 25.3 Å². The summed E-state index contributed by atoms with van der Waals surface area (Å²) in [5, 5.41) is 5.30.